The normalized spacial score (nSPS) is 13.1. The smallest absolute Gasteiger partial charge is 0.126 e. The van der Waals surface area contributed by atoms with Crippen LogP contribution in [-0.2, 0) is 6.42 Å². The van der Waals surface area contributed by atoms with Crippen LogP contribution in [0.15, 0.2) is 18.2 Å². The lowest BCUT2D eigenvalue weighted by molar-refractivity contribution is 0.482. The highest BCUT2D eigenvalue weighted by atomic mass is 19.1. The van der Waals surface area contributed by atoms with Crippen LogP contribution in [0.2, 0.25) is 0 Å². The molecule has 1 unspecified atom stereocenters. The second-order valence-electron chi connectivity index (χ2n) is 4.99. The van der Waals surface area contributed by atoms with Gasteiger partial charge in [-0.15, -0.1) is 0 Å². The number of halogens is 1. The van der Waals surface area contributed by atoms with Crippen LogP contribution < -0.4 is 5.32 Å². The first kappa shape index (κ1) is 13.2. The Bertz CT molecular complexity index is 334. The van der Waals surface area contributed by atoms with Crippen molar-refractivity contribution in [1.82, 2.24) is 5.32 Å². The SMILES string of the molecule is Cc1cc(CC(C)NCC(C)C)ccc1F. The van der Waals surface area contributed by atoms with Crippen molar-refractivity contribution in [2.75, 3.05) is 6.54 Å². The van der Waals surface area contributed by atoms with Crippen LogP contribution in [0.1, 0.15) is 31.9 Å². The zero-order valence-electron chi connectivity index (χ0n) is 10.7. The predicted octanol–water partition coefficient (Wildman–Crippen LogP) is 3.31. The van der Waals surface area contributed by atoms with E-state index in [0.29, 0.717) is 12.0 Å². The molecule has 0 fully saturated rings. The highest BCUT2D eigenvalue weighted by molar-refractivity contribution is 5.24. The summed E-state index contributed by atoms with van der Waals surface area (Å²) >= 11 is 0. The summed E-state index contributed by atoms with van der Waals surface area (Å²) in [6, 6.07) is 5.80. The maximum absolute atomic E-state index is 13.1. The molecule has 0 aliphatic rings. The molecule has 0 bridgehead atoms. The Labute approximate surface area is 98.1 Å². The predicted molar refractivity (Wildman–Crippen MR) is 67.1 cm³/mol. The highest BCUT2D eigenvalue weighted by Crippen LogP contribution is 2.11. The van der Waals surface area contributed by atoms with E-state index in [1.165, 1.54) is 5.56 Å². The fourth-order valence-electron chi connectivity index (χ4n) is 1.70. The van der Waals surface area contributed by atoms with Crippen LogP contribution in [0, 0.1) is 18.7 Å². The monoisotopic (exact) mass is 223 g/mol. The number of rotatable bonds is 5. The maximum Gasteiger partial charge on any atom is 0.126 e. The fourth-order valence-corrected chi connectivity index (χ4v) is 1.70. The first-order valence-electron chi connectivity index (χ1n) is 5.97. The van der Waals surface area contributed by atoms with E-state index in [1.54, 1.807) is 6.07 Å². The lowest BCUT2D eigenvalue weighted by Crippen LogP contribution is -2.31. The molecule has 1 N–H and O–H groups in total. The van der Waals surface area contributed by atoms with E-state index in [2.05, 4.69) is 26.1 Å². The number of benzene rings is 1. The summed E-state index contributed by atoms with van der Waals surface area (Å²) in [5, 5.41) is 3.47. The molecule has 0 aromatic heterocycles. The summed E-state index contributed by atoms with van der Waals surface area (Å²) in [4.78, 5) is 0. The van der Waals surface area contributed by atoms with Gasteiger partial charge in [0.25, 0.3) is 0 Å². The van der Waals surface area contributed by atoms with Crippen LogP contribution in [0.25, 0.3) is 0 Å². The summed E-state index contributed by atoms with van der Waals surface area (Å²) < 4.78 is 13.1. The molecule has 0 amide bonds. The summed E-state index contributed by atoms with van der Waals surface area (Å²) in [5.74, 6) is 0.545. The van der Waals surface area contributed by atoms with E-state index in [4.69, 9.17) is 0 Å². The molecule has 0 radical (unpaired) electrons. The quantitative estimate of drug-likeness (QED) is 0.807. The zero-order chi connectivity index (χ0) is 12.1. The summed E-state index contributed by atoms with van der Waals surface area (Å²) in [6.45, 7) is 9.40. The zero-order valence-corrected chi connectivity index (χ0v) is 10.7. The first-order valence-corrected chi connectivity index (χ1v) is 5.97. The third-order valence-corrected chi connectivity index (χ3v) is 2.64. The van der Waals surface area contributed by atoms with Crippen molar-refractivity contribution in [3.05, 3.63) is 35.1 Å². The molecule has 16 heavy (non-hydrogen) atoms. The maximum atomic E-state index is 13.1. The summed E-state index contributed by atoms with van der Waals surface area (Å²) in [5.41, 5.74) is 1.93. The van der Waals surface area contributed by atoms with E-state index in [-0.39, 0.29) is 5.82 Å². The molecule has 0 aliphatic heterocycles. The van der Waals surface area contributed by atoms with Crippen LogP contribution in [0.3, 0.4) is 0 Å². The molecule has 0 aliphatic carbocycles. The molecule has 0 saturated carbocycles. The van der Waals surface area contributed by atoms with Gasteiger partial charge in [0.05, 0.1) is 0 Å². The average Bonchev–Trinajstić information content (AvgIpc) is 2.21. The van der Waals surface area contributed by atoms with E-state index in [0.717, 1.165) is 18.5 Å². The Kier molecular flexibility index (Phi) is 4.94. The van der Waals surface area contributed by atoms with Crippen LogP contribution in [0.4, 0.5) is 4.39 Å². The van der Waals surface area contributed by atoms with Gasteiger partial charge in [-0.1, -0.05) is 26.0 Å². The van der Waals surface area contributed by atoms with E-state index in [9.17, 15) is 4.39 Å². The van der Waals surface area contributed by atoms with Crippen LogP contribution in [-0.4, -0.2) is 12.6 Å². The third-order valence-electron chi connectivity index (χ3n) is 2.64. The molecular weight excluding hydrogens is 201 g/mol. The van der Waals surface area contributed by atoms with Crippen molar-refractivity contribution in [1.29, 1.82) is 0 Å². The van der Waals surface area contributed by atoms with Crippen molar-refractivity contribution in [2.45, 2.75) is 40.2 Å². The number of nitrogens with one attached hydrogen (secondary N) is 1. The molecular formula is C14H22FN. The second-order valence-corrected chi connectivity index (χ2v) is 4.99. The lowest BCUT2D eigenvalue weighted by Gasteiger charge is -2.15. The number of hydrogen-bond donors (Lipinski definition) is 1. The van der Waals surface area contributed by atoms with Gasteiger partial charge < -0.3 is 5.32 Å². The van der Waals surface area contributed by atoms with Gasteiger partial charge in [-0.25, -0.2) is 4.39 Å². The Morgan fingerprint density at radius 1 is 1.25 bits per heavy atom. The van der Waals surface area contributed by atoms with Gasteiger partial charge in [0, 0.05) is 6.04 Å². The topological polar surface area (TPSA) is 12.0 Å². The minimum atomic E-state index is -0.119. The van der Waals surface area contributed by atoms with Crippen LogP contribution in [0.5, 0.6) is 0 Å². The molecule has 0 saturated heterocycles. The summed E-state index contributed by atoms with van der Waals surface area (Å²) in [7, 11) is 0. The van der Waals surface area contributed by atoms with Crippen molar-refractivity contribution >= 4 is 0 Å². The van der Waals surface area contributed by atoms with Gasteiger partial charge in [0.2, 0.25) is 0 Å². The van der Waals surface area contributed by atoms with Crippen LogP contribution >= 0.6 is 0 Å². The molecule has 1 rings (SSSR count). The Morgan fingerprint density at radius 3 is 2.50 bits per heavy atom. The van der Waals surface area contributed by atoms with Gasteiger partial charge in [-0.05, 0) is 49.9 Å². The molecule has 1 aromatic rings. The summed E-state index contributed by atoms with van der Waals surface area (Å²) in [6.07, 6.45) is 0.952. The minimum absolute atomic E-state index is 0.119. The molecule has 0 spiro atoms. The van der Waals surface area contributed by atoms with Crippen molar-refractivity contribution in [2.24, 2.45) is 5.92 Å². The standard InChI is InChI=1S/C14H22FN/c1-10(2)9-16-12(4)8-13-5-6-14(15)11(3)7-13/h5-7,10,12,16H,8-9H2,1-4H3. The fraction of sp³-hybridized carbons (Fsp3) is 0.571. The lowest BCUT2D eigenvalue weighted by atomic mass is 10.0. The first-order chi connectivity index (χ1) is 7.49. The minimum Gasteiger partial charge on any atom is -0.314 e. The van der Waals surface area contributed by atoms with Gasteiger partial charge in [-0.3, -0.25) is 0 Å². The Hall–Kier alpha value is -0.890. The van der Waals surface area contributed by atoms with Crippen molar-refractivity contribution < 1.29 is 4.39 Å². The van der Waals surface area contributed by atoms with E-state index in [1.807, 2.05) is 19.1 Å². The third kappa shape index (κ3) is 4.31. The van der Waals surface area contributed by atoms with Crippen molar-refractivity contribution in [3.8, 4) is 0 Å². The van der Waals surface area contributed by atoms with Gasteiger partial charge >= 0.3 is 0 Å². The Balaban J connectivity index is 2.49. The van der Waals surface area contributed by atoms with E-state index >= 15 is 0 Å². The highest BCUT2D eigenvalue weighted by Gasteiger charge is 2.05. The molecule has 0 heterocycles. The van der Waals surface area contributed by atoms with Gasteiger partial charge in [-0.2, -0.15) is 0 Å². The molecule has 1 atom stereocenters. The van der Waals surface area contributed by atoms with E-state index < -0.39 is 0 Å². The largest absolute Gasteiger partial charge is 0.314 e. The Morgan fingerprint density at radius 2 is 1.94 bits per heavy atom. The van der Waals surface area contributed by atoms with Gasteiger partial charge in [0.1, 0.15) is 5.82 Å². The molecule has 90 valence electrons. The number of aryl methyl sites for hydroxylation is 1. The molecule has 2 heteroatoms. The molecule has 1 aromatic carbocycles. The second kappa shape index (κ2) is 6.00. The van der Waals surface area contributed by atoms with Gasteiger partial charge in [0.15, 0.2) is 0 Å². The van der Waals surface area contributed by atoms with Crippen molar-refractivity contribution in [3.63, 3.8) is 0 Å². The molecule has 1 nitrogen and oxygen atoms in total. The average molecular weight is 223 g/mol. The number of hydrogen-bond acceptors (Lipinski definition) is 1.